The van der Waals surface area contributed by atoms with Crippen molar-refractivity contribution < 1.29 is 17.5 Å². The normalized spacial score (nSPS) is 10.8. The maximum Gasteiger partial charge on any atom is 0.358 e. The van der Waals surface area contributed by atoms with Crippen molar-refractivity contribution in [2.75, 3.05) is 0 Å². The molecule has 2 aromatic carbocycles. The van der Waals surface area contributed by atoms with Crippen LogP contribution in [0.25, 0.3) is 0 Å². The number of nitrogens with zero attached hydrogens (tertiary/aromatic N) is 1. The summed E-state index contributed by atoms with van der Waals surface area (Å²) in [5, 5.41) is 3.44. The Labute approximate surface area is 129 Å². The highest BCUT2D eigenvalue weighted by atomic mass is 32.2. The van der Waals surface area contributed by atoms with Gasteiger partial charge in [-0.25, -0.2) is 0 Å². The van der Waals surface area contributed by atoms with Gasteiger partial charge >= 0.3 is 10.1 Å². The molecule has 0 spiro atoms. The molecule has 0 bridgehead atoms. The molecule has 0 aliphatic heterocycles. The van der Waals surface area contributed by atoms with Gasteiger partial charge in [0.2, 0.25) is 0 Å². The minimum Gasteiger partial charge on any atom is -0.289 e. The van der Waals surface area contributed by atoms with Crippen LogP contribution in [-0.2, 0) is 14.4 Å². The fourth-order valence-corrected chi connectivity index (χ4v) is 2.50. The van der Waals surface area contributed by atoms with E-state index in [1.807, 2.05) is 6.07 Å². The van der Waals surface area contributed by atoms with Gasteiger partial charge in [0.1, 0.15) is 4.90 Å². The van der Waals surface area contributed by atoms with Gasteiger partial charge < -0.3 is 0 Å². The van der Waals surface area contributed by atoms with Crippen LogP contribution < -0.4 is 0 Å². The van der Waals surface area contributed by atoms with Crippen molar-refractivity contribution in [1.82, 2.24) is 0 Å². The van der Waals surface area contributed by atoms with Gasteiger partial charge in [-0.2, -0.15) is 8.42 Å². The minimum absolute atomic E-state index is 0.0536. The lowest BCUT2D eigenvalue weighted by molar-refractivity contribution is 0.103. The maximum absolute atomic E-state index is 12.2. The molecule has 0 aliphatic carbocycles. The molecule has 0 amide bonds. The molecule has 0 aromatic heterocycles. The number of carbonyl (C=O) groups excluding carboxylic acids is 1. The molecule has 0 atom stereocenters. The van der Waals surface area contributed by atoms with Crippen LogP contribution in [0.2, 0.25) is 0 Å². The number of hydrogen-bond acceptors (Lipinski definition) is 5. The SMILES string of the molecule is CC(C)=NOS(=O)(=O)c1ccc(C(=O)c2ccccc2)cc1. The third-order valence-corrected chi connectivity index (χ3v) is 3.88. The second kappa shape index (κ2) is 6.53. The maximum atomic E-state index is 12.2. The Kier molecular flexibility index (Phi) is 4.72. The molecular weight excluding hydrogens is 302 g/mol. The van der Waals surface area contributed by atoms with Crippen molar-refractivity contribution in [2.45, 2.75) is 18.7 Å². The van der Waals surface area contributed by atoms with E-state index in [4.69, 9.17) is 0 Å². The number of oxime groups is 1. The average Bonchev–Trinajstić information content (AvgIpc) is 2.53. The van der Waals surface area contributed by atoms with Crippen LogP contribution in [0.3, 0.4) is 0 Å². The molecule has 5 nitrogen and oxygen atoms in total. The van der Waals surface area contributed by atoms with Crippen molar-refractivity contribution in [2.24, 2.45) is 5.16 Å². The van der Waals surface area contributed by atoms with Gasteiger partial charge in [-0.3, -0.25) is 9.08 Å². The molecule has 2 rings (SSSR count). The first-order chi connectivity index (χ1) is 10.4. The van der Waals surface area contributed by atoms with E-state index in [1.165, 1.54) is 24.3 Å². The van der Waals surface area contributed by atoms with Gasteiger partial charge in [0.25, 0.3) is 0 Å². The van der Waals surface area contributed by atoms with Crippen molar-refractivity contribution in [3.63, 3.8) is 0 Å². The van der Waals surface area contributed by atoms with Crippen LogP contribution in [0, 0.1) is 0 Å². The summed E-state index contributed by atoms with van der Waals surface area (Å²) in [4.78, 5) is 12.2. The molecule has 22 heavy (non-hydrogen) atoms. The third kappa shape index (κ3) is 3.79. The Morgan fingerprint density at radius 2 is 1.45 bits per heavy atom. The highest BCUT2D eigenvalue weighted by Gasteiger charge is 2.17. The van der Waals surface area contributed by atoms with E-state index in [9.17, 15) is 13.2 Å². The van der Waals surface area contributed by atoms with Crippen molar-refractivity contribution in [1.29, 1.82) is 0 Å². The summed E-state index contributed by atoms with van der Waals surface area (Å²) in [6, 6.07) is 14.3. The van der Waals surface area contributed by atoms with Gasteiger partial charge in [-0.15, -0.1) is 0 Å². The number of hydrogen-bond donors (Lipinski definition) is 0. The highest BCUT2D eigenvalue weighted by Crippen LogP contribution is 2.16. The first-order valence-electron chi connectivity index (χ1n) is 6.55. The quantitative estimate of drug-likeness (QED) is 0.483. The molecule has 6 heteroatoms. The molecule has 2 aromatic rings. The van der Waals surface area contributed by atoms with Crippen LogP contribution >= 0.6 is 0 Å². The molecule has 0 saturated heterocycles. The number of rotatable bonds is 5. The van der Waals surface area contributed by atoms with E-state index in [0.717, 1.165) is 0 Å². The molecule has 0 radical (unpaired) electrons. The fourth-order valence-electron chi connectivity index (χ4n) is 1.70. The highest BCUT2D eigenvalue weighted by molar-refractivity contribution is 7.86. The molecule has 0 fully saturated rings. The molecule has 0 aliphatic rings. The van der Waals surface area contributed by atoms with Gasteiger partial charge in [-0.1, -0.05) is 35.5 Å². The molecule has 0 heterocycles. The largest absolute Gasteiger partial charge is 0.358 e. The van der Waals surface area contributed by atoms with Crippen LogP contribution in [-0.4, -0.2) is 19.9 Å². The first-order valence-corrected chi connectivity index (χ1v) is 7.95. The lowest BCUT2D eigenvalue weighted by atomic mass is 10.0. The molecule has 0 N–H and O–H groups in total. The Morgan fingerprint density at radius 3 is 2.00 bits per heavy atom. The van der Waals surface area contributed by atoms with E-state index < -0.39 is 10.1 Å². The molecule has 0 saturated carbocycles. The van der Waals surface area contributed by atoms with Crippen LogP contribution in [0.1, 0.15) is 29.8 Å². The van der Waals surface area contributed by atoms with E-state index in [1.54, 1.807) is 38.1 Å². The lowest BCUT2D eigenvalue weighted by Crippen LogP contribution is -2.05. The summed E-state index contributed by atoms with van der Waals surface area (Å²) in [6.45, 7) is 3.24. The summed E-state index contributed by atoms with van der Waals surface area (Å²) >= 11 is 0. The molecule has 114 valence electrons. The monoisotopic (exact) mass is 317 g/mol. The summed E-state index contributed by atoms with van der Waals surface area (Å²) in [5.74, 6) is -0.173. The smallest absolute Gasteiger partial charge is 0.289 e. The second-order valence-corrected chi connectivity index (χ2v) is 6.32. The fraction of sp³-hybridized carbons (Fsp3) is 0.125. The van der Waals surface area contributed by atoms with Crippen LogP contribution in [0.4, 0.5) is 0 Å². The molecular formula is C16H15NO4S. The number of carbonyl (C=O) groups is 1. The van der Waals surface area contributed by atoms with Gasteiger partial charge in [0, 0.05) is 11.1 Å². The van der Waals surface area contributed by atoms with Gasteiger partial charge in [0.05, 0.1) is 5.71 Å². The van der Waals surface area contributed by atoms with E-state index in [2.05, 4.69) is 9.44 Å². The molecule has 0 unspecified atom stereocenters. The van der Waals surface area contributed by atoms with E-state index >= 15 is 0 Å². The summed E-state index contributed by atoms with van der Waals surface area (Å²) in [5.41, 5.74) is 1.43. The Bertz CT molecular complexity index is 790. The summed E-state index contributed by atoms with van der Waals surface area (Å²) in [7, 11) is -3.96. The van der Waals surface area contributed by atoms with Crippen LogP contribution in [0.5, 0.6) is 0 Å². The third-order valence-electron chi connectivity index (χ3n) is 2.76. The Morgan fingerprint density at radius 1 is 0.909 bits per heavy atom. The van der Waals surface area contributed by atoms with Crippen molar-refractivity contribution in [3.8, 4) is 0 Å². The summed E-state index contributed by atoms with van der Waals surface area (Å²) < 4.78 is 28.3. The Balaban J connectivity index is 2.24. The summed E-state index contributed by atoms with van der Waals surface area (Å²) in [6.07, 6.45) is 0. The predicted molar refractivity (Wildman–Crippen MR) is 83.4 cm³/mol. The van der Waals surface area contributed by atoms with Crippen molar-refractivity contribution in [3.05, 3.63) is 65.7 Å². The lowest BCUT2D eigenvalue weighted by Gasteiger charge is -2.04. The van der Waals surface area contributed by atoms with E-state index in [-0.39, 0.29) is 10.7 Å². The standard InChI is InChI=1S/C16H15NO4S/c1-12(2)17-21-22(19,20)15-10-8-14(9-11-15)16(18)13-6-4-3-5-7-13/h3-11H,1-2H3. The zero-order chi connectivity index (χ0) is 16.2. The first kappa shape index (κ1) is 15.9. The van der Waals surface area contributed by atoms with Gasteiger partial charge in [-0.05, 0) is 38.1 Å². The zero-order valence-corrected chi connectivity index (χ0v) is 13.0. The number of ketones is 1. The number of benzene rings is 2. The Hall–Kier alpha value is -2.47. The zero-order valence-electron chi connectivity index (χ0n) is 12.2. The minimum atomic E-state index is -3.96. The van der Waals surface area contributed by atoms with Gasteiger partial charge in [0.15, 0.2) is 5.78 Å². The van der Waals surface area contributed by atoms with Crippen LogP contribution in [0.15, 0.2) is 64.6 Å². The average molecular weight is 317 g/mol. The second-order valence-electron chi connectivity index (χ2n) is 4.79. The predicted octanol–water partition coefficient (Wildman–Crippen LogP) is 3.02. The topological polar surface area (TPSA) is 72.8 Å². The van der Waals surface area contributed by atoms with Crippen molar-refractivity contribution >= 4 is 21.6 Å². The van der Waals surface area contributed by atoms with E-state index in [0.29, 0.717) is 16.8 Å².